The van der Waals surface area contributed by atoms with Gasteiger partial charge in [0.1, 0.15) is 5.76 Å². The van der Waals surface area contributed by atoms with Crippen molar-refractivity contribution in [3.8, 4) is 0 Å². The summed E-state index contributed by atoms with van der Waals surface area (Å²) in [5.41, 5.74) is 0.775. The molecule has 0 aliphatic carbocycles. The highest BCUT2D eigenvalue weighted by Gasteiger charge is 2.23. The van der Waals surface area contributed by atoms with Gasteiger partial charge in [0.05, 0.1) is 5.69 Å². The van der Waals surface area contributed by atoms with Crippen LogP contribution in [-0.4, -0.2) is 19.5 Å². The predicted octanol–water partition coefficient (Wildman–Crippen LogP) is 2.08. The lowest BCUT2D eigenvalue weighted by molar-refractivity contribution is -0.392. The van der Waals surface area contributed by atoms with E-state index in [2.05, 4.69) is 9.97 Å². The molecule has 0 saturated heterocycles. The van der Waals surface area contributed by atoms with Crippen molar-refractivity contribution in [1.82, 2.24) is 14.5 Å². The first kappa shape index (κ1) is 11.6. The highest BCUT2D eigenvalue weighted by Crippen LogP contribution is 2.33. The fourth-order valence-electron chi connectivity index (χ4n) is 1.22. The normalized spacial score (nSPS) is 10.8. The second-order valence-electron chi connectivity index (χ2n) is 3.46. The topological polar surface area (TPSA) is 87.0 Å². The van der Waals surface area contributed by atoms with E-state index in [0.717, 1.165) is 17.5 Å². The standard InChI is InChI=1S/C9H10N4O3S/c1-5-6(2)16-9(11-5)17-8-7(13(14)15)10-4-12(8)3/h4H,1-3H3. The van der Waals surface area contributed by atoms with Crippen molar-refractivity contribution in [2.75, 3.05) is 0 Å². The van der Waals surface area contributed by atoms with Gasteiger partial charge in [0.25, 0.3) is 5.22 Å². The fourth-order valence-corrected chi connectivity index (χ4v) is 2.14. The van der Waals surface area contributed by atoms with Crippen LogP contribution in [0.25, 0.3) is 0 Å². The van der Waals surface area contributed by atoms with Crippen LogP contribution in [-0.2, 0) is 7.05 Å². The van der Waals surface area contributed by atoms with Gasteiger partial charge in [-0.2, -0.15) is 0 Å². The van der Waals surface area contributed by atoms with E-state index in [1.54, 1.807) is 18.5 Å². The first-order chi connectivity index (χ1) is 7.99. The van der Waals surface area contributed by atoms with Gasteiger partial charge in [0.2, 0.25) is 6.33 Å². The Labute approximate surface area is 101 Å². The van der Waals surface area contributed by atoms with E-state index in [-0.39, 0.29) is 5.82 Å². The van der Waals surface area contributed by atoms with Gasteiger partial charge in [-0.1, -0.05) is 0 Å². The van der Waals surface area contributed by atoms with Gasteiger partial charge in [-0.15, -0.1) is 0 Å². The lowest BCUT2D eigenvalue weighted by atomic mass is 10.4. The van der Waals surface area contributed by atoms with Crippen LogP contribution in [0.2, 0.25) is 0 Å². The number of aromatic nitrogens is 3. The zero-order valence-corrected chi connectivity index (χ0v) is 10.3. The number of hydrogen-bond acceptors (Lipinski definition) is 6. The van der Waals surface area contributed by atoms with E-state index in [1.807, 2.05) is 6.92 Å². The maximum Gasteiger partial charge on any atom is 0.396 e. The molecule has 0 amide bonds. The summed E-state index contributed by atoms with van der Waals surface area (Å²) < 4.78 is 6.93. The Morgan fingerprint density at radius 2 is 2.24 bits per heavy atom. The molecular formula is C9H10N4O3S. The van der Waals surface area contributed by atoms with Crippen LogP contribution in [0.3, 0.4) is 0 Å². The second-order valence-corrected chi connectivity index (χ2v) is 4.40. The number of oxazole rings is 1. The molecule has 0 aliphatic heterocycles. The molecule has 7 nitrogen and oxygen atoms in total. The number of hydrogen-bond donors (Lipinski definition) is 0. The summed E-state index contributed by atoms with van der Waals surface area (Å²) in [5.74, 6) is 0.517. The van der Waals surface area contributed by atoms with E-state index in [9.17, 15) is 10.1 Å². The SMILES string of the molecule is Cc1nc(Sc2c([N+](=O)[O-])ncn2C)oc1C. The van der Waals surface area contributed by atoms with Crippen LogP contribution >= 0.6 is 11.8 Å². The molecule has 90 valence electrons. The van der Waals surface area contributed by atoms with Crippen LogP contribution < -0.4 is 0 Å². The molecule has 0 fully saturated rings. The molecule has 0 aromatic carbocycles. The molecule has 0 saturated carbocycles. The number of imidazole rings is 1. The third kappa shape index (κ3) is 2.16. The van der Waals surface area contributed by atoms with Gasteiger partial charge in [0.15, 0.2) is 5.03 Å². The molecule has 0 radical (unpaired) electrons. The minimum Gasteiger partial charge on any atom is -0.436 e. The summed E-state index contributed by atoms with van der Waals surface area (Å²) >= 11 is 1.09. The number of rotatable bonds is 3. The molecule has 2 aromatic heterocycles. The van der Waals surface area contributed by atoms with Crippen LogP contribution in [0, 0.1) is 24.0 Å². The zero-order chi connectivity index (χ0) is 12.6. The summed E-state index contributed by atoms with van der Waals surface area (Å²) in [6.07, 6.45) is 1.39. The quantitative estimate of drug-likeness (QED) is 0.615. The fraction of sp³-hybridized carbons (Fsp3) is 0.333. The maximum atomic E-state index is 10.8. The summed E-state index contributed by atoms with van der Waals surface area (Å²) in [6.45, 7) is 3.62. The Bertz CT molecular complexity index is 555. The molecule has 0 N–H and O–H groups in total. The molecule has 0 bridgehead atoms. The van der Waals surface area contributed by atoms with Crippen molar-refractivity contribution in [2.24, 2.45) is 7.05 Å². The van der Waals surface area contributed by atoms with E-state index in [4.69, 9.17) is 4.42 Å². The average Bonchev–Trinajstić information content (AvgIpc) is 2.74. The minimum absolute atomic E-state index is 0.189. The van der Waals surface area contributed by atoms with Crippen molar-refractivity contribution in [3.05, 3.63) is 27.9 Å². The second kappa shape index (κ2) is 4.21. The molecule has 17 heavy (non-hydrogen) atoms. The van der Waals surface area contributed by atoms with Gasteiger partial charge in [-0.25, -0.2) is 4.98 Å². The Balaban J connectivity index is 2.35. The molecule has 2 heterocycles. The van der Waals surface area contributed by atoms with Gasteiger partial charge >= 0.3 is 5.82 Å². The zero-order valence-electron chi connectivity index (χ0n) is 9.50. The average molecular weight is 254 g/mol. The molecule has 0 spiro atoms. The van der Waals surface area contributed by atoms with Crippen molar-refractivity contribution in [2.45, 2.75) is 24.1 Å². The molecule has 2 aromatic rings. The van der Waals surface area contributed by atoms with Crippen LogP contribution in [0.4, 0.5) is 5.82 Å². The third-order valence-corrected chi connectivity index (χ3v) is 3.24. The Morgan fingerprint density at radius 3 is 2.76 bits per heavy atom. The molecule has 0 atom stereocenters. The third-order valence-electron chi connectivity index (χ3n) is 2.23. The maximum absolute atomic E-state index is 10.8. The largest absolute Gasteiger partial charge is 0.436 e. The molecular weight excluding hydrogens is 244 g/mol. The van der Waals surface area contributed by atoms with E-state index >= 15 is 0 Å². The van der Waals surface area contributed by atoms with E-state index in [1.165, 1.54) is 6.33 Å². The summed E-state index contributed by atoms with van der Waals surface area (Å²) in [6, 6.07) is 0. The summed E-state index contributed by atoms with van der Waals surface area (Å²) in [5, 5.41) is 11.5. The first-order valence-corrected chi connectivity index (χ1v) is 5.58. The monoisotopic (exact) mass is 254 g/mol. The predicted molar refractivity (Wildman–Crippen MR) is 60.0 cm³/mol. The minimum atomic E-state index is -0.523. The van der Waals surface area contributed by atoms with Gasteiger partial charge in [-0.05, 0) is 35.5 Å². The van der Waals surface area contributed by atoms with Crippen molar-refractivity contribution in [3.63, 3.8) is 0 Å². The Hall–Kier alpha value is -1.83. The van der Waals surface area contributed by atoms with Crippen LogP contribution in [0.15, 0.2) is 21.0 Å². The summed E-state index contributed by atoms with van der Waals surface area (Å²) in [4.78, 5) is 18.1. The Kier molecular flexibility index (Phi) is 2.88. The molecule has 2 rings (SSSR count). The Morgan fingerprint density at radius 1 is 1.53 bits per heavy atom. The molecule has 0 unspecified atom stereocenters. The van der Waals surface area contributed by atoms with Crippen LogP contribution in [0.1, 0.15) is 11.5 Å². The highest BCUT2D eigenvalue weighted by atomic mass is 32.2. The van der Waals surface area contributed by atoms with Crippen molar-refractivity contribution < 1.29 is 9.34 Å². The summed E-state index contributed by atoms with van der Waals surface area (Å²) in [7, 11) is 1.69. The number of aryl methyl sites for hydroxylation is 3. The lowest BCUT2D eigenvalue weighted by Gasteiger charge is -1.97. The van der Waals surface area contributed by atoms with Gasteiger partial charge in [0, 0.05) is 7.05 Å². The van der Waals surface area contributed by atoms with Gasteiger partial charge in [-0.3, -0.25) is 0 Å². The van der Waals surface area contributed by atoms with E-state index in [0.29, 0.717) is 16.0 Å². The first-order valence-electron chi connectivity index (χ1n) is 4.76. The molecule has 0 aliphatic rings. The van der Waals surface area contributed by atoms with E-state index < -0.39 is 4.92 Å². The molecule has 8 heteroatoms. The highest BCUT2D eigenvalue weighted by molar-refractivity contribution is 7.99. The number of nitrogens with zero attached hydrogens (tertiary/aromatic N) is 4. The van der Waals surface area contributed by atoms with Crippen LogP contribution in [0.5, 0.6) is 0 Å². The van der Waals surface area contributed by atoms with Gasteiger partial charge < -0.3 is 19.1 Å². The van der Waals surface area contributed by atoms with Crippen molar-refractivity contribution >= 4 is 17.6 Å². The smallest absolute Gasteiger partial charge is 0.396 e. The number of nitro groups is 1. The lowest BCUT2D eigenvalue weighted by Crippen LogP contribution is -1.93. The van der Waals surface area contributed by atoms with Crippen molar-refractivity contribution in [1.29, 1.82) is 0 Å².